The SMILES string of the molecule is O=C(Nc1ccc(F)cn1)c1ccccn1. The van der Waals surface area contributed by atoms with Crippen LogP contribution in [0.25, 0.3) is 0 Å². The Morgan fingerprint density at radius 1 is 1.19 bits per heavy atom. The van der Waals surface area contributed by atoms with E-state index in [1.807, 2.05) is 0 Å². The molecule has 0 aliphatic heterocycles. The van der Waals surface area contributed by atoms with Gasteiger partial charge in [0.1, 0.15) is 17.3 Å². The first-order valence-corrected chi connectivity index (χ1v) is 4.59. The fraction of sp³-hybridized carbons (Fsp3) is 0. The summed E-state index contributed by atoms with van der Waals surface area (Å²) in [6.07, 6.45) is 2.56. The van der Waals surface area contributed by atoms with E-state index in [9.17, 15) is 9.18 Å². The molecule has 0 saturated carbocycles. The number of hydrogen-bond donors (Lipinski definition) is 1. The predicted molar refractivity (Wildman–Crippen MR) is 56.4 cm³/mol. The average Bonchev–Trinajstić information content (AvgIpc) is 2.33. The van der Waals surface area contributed by atoms with E-state index in [1.54, 1.807) is 18.2 Å². The Morgan fingerprint density at radius 2 is 2.06 bits per heavy atom. The van der Waals surface area contributed by atoms with Gasteiger partial charge in [0.15, 0.2) is 0 Å². The Balaban J connectivity index is 2.11. The topological polar surface area (TPSA) is 54.9 Å². The van der Waals surface area contributed by atoms with E-state index in [0.29, 0.717) is 0 Å². The van der Waals surface area contributed by atoms with Crippen LogP contribution in [0.2, 0.25) is 0 Å². The molecule has 0 aliphatic rings. The van der Waals surface area contributed by atoms with Crippen molar-refractivity contribution in [3.63, 3.8) is 0 Å². The predicted octanol–water partition coefficient (Wildman–Crippen LogP) is 1.87. The summed E-state index contributed by atoms with van der Waals surface area (Å²) in [5.41, 5.74) is 0.286. The molecule has 80 valence electrons. The van der Waals surface area contributed by atoms with Crippen molar-refractivity contribution in [3.05, 3.63) is 54.2 Å². The van der Waals surface area contributed by atoms with Gasteiger partial charge in [0.25, 0.3) is 5.91 Å². The van der Waals surface area contributed by atoms with E-state index in [1.165, 1.54) is 18.3 Å². The third-order valence-corrected chi connectivity index (χ3v) is 1.87. The van der Waals surface area contributed by atoms with Crippen molar-refractivity contribution in [2.24, 2.45) is 0 Å². The van der Waals surface area contributed by atoms with Crippen LogP contribution in [0, 0.1) is 5.82 Å². The van der Waals surface area contributed by atoms with Crippen molar-refractivity contribution in [2.45, 2.75) is 0 Å². The zero-order chi connectivity index (χ0) is 11.4. The molecule has 0 radical (unpaired) electrons. The van der Waals surface area contributed by atoms with Crippen molar-refractivity contribution in [1.29, 1.82) is 0 Å². The first-order chi connectivity index (χ1) is 7.75. The van der Waals surface area contributed by atoms with E-state index < -0.39 is 5.82 Å². The minimum absolute atomic E-state index is 0.286. The van der Waals surface area contributed by atoms with E-state index >= 15 is 0 Å². The number of amides is 1. The largest absolute Gasteiger partial charge is 0.305 e. The number of rotatable bonds is 2. The van der Waals surface area contributed by atoms with Gasteiger partial charge in [-0.25, -0.2) is 9.37 Å². The summed E-state index contributed by atoms with van der Waals surface area (Å²) in [6, 6.07) is 7.61. The molecule has 2 heterocycles. The van der Waals surface area contributed by atoms with Crippen molar-refractivity contribution in [2.75, 3.05) is 5.32 Å². The normalized spacial score (nSPS) is 9.81. The molecule has 0 aliphatic carbocycles. The van der Waals surface area contributed by atoms with Gasteiger partial charge in [-0.3, -0.25) is 9.78 Å². The lowest BCUT2D eigenvalue weighted by atomic mass is 10.3. The second kappa shape index (κ2) is 4.48. The zero-order valence-electron chi connectivity index (χ0n) is 8.22. The van der Waals surface area contributed by atoms with E-state index in [4.69, 9.17) is 0 Å². The number of nitrogens with zero attached hydrogens (tertiary/aromatic N) is 2. The lowest BCUT2D eigenvalue weighted by molar-refractivity contribution is 0.102. The Hall–Kier alpha value is -2.30. The van der Waals surface area contributed by atoms with Crippen LogP contribution in [0.1, 0.15) is 10.5 Å². The molecular weight excluding hydrogens is 209 g/mol. The van der Waals surface area contributed by atoms with Gasteiger partial charge < -0.3 is 5.32 Å². The van der Waals surface area contributed by atoms with Crippen LogP contribution >= 0.6 is 0 Å². The quantitative estimate of drug-likeness (QED) is 0.835. The molecule has 0 unspecified atom stereocenters. The molecule has 2 aromatic heterocycles. The van der Waals surface area contributed by atoms with E-state index in [0.717, 1.165) is 6.20 Å². The summed E-state index contributed by atoms with van der Waals surface area (Å²) in [4.78, 5) is 19.2. The summed E-state index contributed by atoms with van der Waals surface area (Å²) in [5.74, 6) is -0.535. The highest BCUT2D eigenvalue weighted by Crippen LogP contribution is 2.05. The number of carbonyl (C=O) groups is 1. The Labute approximate surface area is 91.2 Å². The molecule has 5 heteroatoms. The summed E-state index contributed by atoms with van der Waals surface area (Å²) in [7, 11) is 0. The Bertz CT molecular complexity index is 484. The maximum Gasteiger partial charge on any atom is 0.275 e. The van der Waals surface area contributed by atoms with Crippen LogP contribution in [0.5, 0.6) is 0 Å². The first-order valence-electron chi connectivity index (χ1n) is 4.59. The number of aromatic nitrogens is 2. The molecule has 0 bridgehead atoms. The molecule has 2 aromatic rings. The zero-order valence-corrected chi connectivity index (χ0v) is 8.22. The van der Waals surface area contributed by atoms with Crippen molar-refractivity contribution < 1.29 is 9.18 Å². The first kappa shape index (κ1) is 10.2. The third kappa shape index (κ3) is 2.38. The smallest absolute Gasteiger partial charge is 0.275 e. The molecule has 4 nitrogen and oxygen atoms in total. The standard InChI is InChI=1S/C11H8FN3O/c12-8-4-5-10(14-7-8)15-11(16)9-3-1-2-6-13-9/h1-7H,(H,14,15,16). The van der Waals surface area contributed by atoms with Crippen LogP contribution < -0.4 is 5.32 Å². The third-order valence-electron chi connectivity index (χ3n) is 1.87. The summed E-state index contributed by atoms with van der Waals surface area (Å²) in [6.45, 7) is 0. The lowest BCUT2D eigenvalue weighted by Gasteiger charge is -2.02. The van der Waals surface area contributed by atoms with Gasteiger partial charge in [-0.05, 0) is 24.3 Å². The molecule has 0 fully saturated rings. The molecule has 1 amide bonds. The second-order valence-electron chi connectivity index (χ2n) is 3.03. The minimum atomic E-state index is -0.448. The minimum Gasteiger partial charge on any atom is -0.305 e. The molecule has 0 aromatic carbocycles. The maximum absolute atomic E-state index is 12.6. The van der Waals surface area contributed by atoms with Crippen molar-refractivity contribution in [3.8, 4) is 0 Å². The number of hydrogen-bond acceptors (Lipinski definition) is 3. The fourth-order valence-corrected chi connectivity index (χ4v) is 1.13. The van der Waals surface area contributed by atoms with Crippen LogP contribution in [0.15, 0.2) is 42.7 Å². The fourth-order valence-electron chi connectivity index (χ4n) is 1.13. The number of halogens is 1. The number of pyridine rings is 2. The van der Waals surface area contributed by atoms with E-state index in [2.05, 4.69) is 15.3 Å². The van der Waals surface area contributed by atoms with Crippen molar-refractivity contribution >= 4 is 11.7 Å². The Kier molecular flexibility index (Phi) is 2.86. The van der Waals surface area contributed by atoms with Crippen molar-refractivity contribution in [1.82, 2.24) is 9.97 Å². The maximum atomic E-state index is 12.6. The van der Waals surface area contributed by atoms with Gasteiger partial charge in [-0.15, -0.1) is 0 Å². The van der Waals surface area contributed by atoms with Crippen LogP contribution in [-0.2, 0) is 0 Å². The monoisotopic (exact) mass is 217 g/mol. The lowest BCUT2D eigenvalue weighted by Crippen LogP contribution is -2.14. The number of carbonyl (C=O) groups excluding carboxylic acids is 1. The van der Waals surface area contributed by atoms with Crippen LogP contribution in [-0.4, -0.2) is 15.9 Å². The second-order valence-corrected chi connectivity index (χ2v) is 3.03. The van der Waals surface area contributed by atoms with Gasteiger partial charge in [-0.1, -0.05) is 6.07 Å². The van der Waals surface area contributed by atoms with Gasteiger partial charge >= 0.3 is 0 Å². The highest BCUT2D eigenvalue weighted by Gasteiger charge is 2.06. The molecule has 2 rings (SSSR count). The Morgan fingerprint density at radius 3 is 2.69 bits per heavy atom. The molecule has 0 saturated heterocycles. The number of anilines is 1. The molecule has 0 spiro atoms. The van der Waals surface area contributed by atoms with Gasteiger partial charge in [0.05, 0.1) is 6.20 Å². The number of nitrogens with one attached hydrogen (secondary N) is 1. The van der Waals surface area contributed by atoms with Gasteiger partial charge in [0.2, 0.25) is 0 Å². The van der Waals surface area contributed by atoms with Gasteiger partial charge in [-0.2, -0.15) is 0 Å². The van der Waals surface area contributed by atoms with E-state index in [-0.39, 0.29) is 17.4 Å². The highest BCUT2D eigenvalue weighted by molar-refractivity contribution is 6.02. The summed E-state index contributed by atoms with van der Waals surface area (Å²) in [5, 5.41) is 2.51. The highest BCUT2D eigenvalue weighted by atomic mass is 19.1. The molecule has 1 N–H and O–H groups in total. The summed E-state index contributed by atoms with van der Waals surface area (Å²) < 4.78 is 12.6. The average molecular weight is 217 g/mol. The molecular formula is C11H8FN3O. The van der Waals surface area contributed by atoms with Crippen LogP contribution in [0.3, 0.4) is 0 Å². The van der Waals surface area contributed by atoms with Crippen LogP contribution in [0.4, 0.5) is 10.2 Å². The van der Waals surface area contributed by atoms with Gasteiger partial charge in [0, 0.05) is 6.20 Å². The molecule has 0 atom stereocenters. The molecule has 16 heavy (non-hydrogen) atoms. The summed E-state index contributed by atoms with van der Waals surface area (Å²) >= 11 is 0.